The summed E-state index contributed by atoms with van der Waals surface area (Å²) in [6.45, 7) is 3.52. The van der Waals surface area contributed by atoms with Gasteiger partial charge in [-0.2, -0.15) is 5.10 Å². The lowest BCUT2D eigenvalue weighted by atomic mass is 9.90. The number of hydrogen-bond donors (Lipinski definition) is 1. The van der Waals surface area contributed by atoms with Crippen molar-refractivity contribution in [3.8, 4) is 0 Å². The molecule has 7 heteroatoms. The van der Waals surface area contributed by atoms with Gasteiger partial charge in [0, 0.05) is 28.6 Å². The number of ether oxygens (including phenoxy) is 2. The second-order valence-electron chi connectivity index (χ2n) is 6.91. The van der Waals surface area contributed by atoms with Crippen LogP contribution in [0.1, 0.15) is 36.7 Å². The molecule has 0 spiro atoms. The van der Waals surface area contributed by atoms with E-state index in [0.29, 0.717) is 42.1 Å². The Labute approximate surface area is 181 Å². The third-order valence-electron chi connectivity index (χ3n) is 4.68. The summed E-state index contributed by atoms with van der Waals surface area (Å²) in [7, 11) is 0. The van der Waals surface area contributed by atoms with Crippen LogP contribution in [0.5, 0.6) is 0 Å². The molecule has 0 aliphatic heterocycles. The average Bonchev–Trinajstić information content (AvgIpc) is 3.23. The molecule has 29 heavy (non-hydrogen) atoms. The maximum atomic E-state index is 6.61. The quantitative estimate of drug-likeness (QED) is 0.400. The lowest BCUT2D eigenvalue weighted by molar-refractivity contribution is -0.113. The molecule has 1 heterocycles. The third-order valence-corrected chi connectivity index (χ3v) is 5.22. The van der Waals surface area contributed by atoms with Gasteiger partial charge in [0.15, 0.2) is 0 Å². The summed E-state index contributed by atoms with van der Waals surface area (Å²) in [6, 6.07) is 15.5. The number of halogens is 2. The Bertz CT molecular complexity index is 875. The second kappa shape index (κ2) is 10.7. The van der Waals surface area contributed by atoms with Crippen LogP contribution in [0, 0.1) is 0 Å². The highest BCUT2D eigenvalue weighted by atomic mass is 35.5. The van der Waals surface area contributed by atoms with Crippen molar-refractivity contribution in [2.24, 2.45) is 0 Å². The first kappa shape index (κ1) is 21.8. The Balaban J connectivity index is 1.95. The number of rotatable bonds is 11. The van der Waals surface area contributed by atoms with Crippen LogP contribution in [-0.2, 0) is 28.1 Å². The first-order valence-corrected chi connectivity index (χ1v) is 10.4. The Morgan fingerprint density at radius 1 is 1.10 bits per heavy atom. The number of benzene rings is 2. The van der Waals surface area contributed by atoms with Gasteiger partial charge in [-0.25, -0.2) is 4.98 Å². The molecule has 0 aliphatic rings. The third kappa shape index (κ3) is 6.03. The molecule has 1 aromatic heterocycles. The van der Waals surface area contributed by atoms with E-state index in [1.165, 1.54) is 6.33 Å². The molecule has 2 aromatic carbocycles. The predicted octanol–water partition coefficient (Wildman–Crippen LogP) is 5.58. The van der Waals surface area contributed by atoms with Crippen LogP contribution in [-0.4, -0.2) is 28.4 Å². The Kier molecular flexibility index (Phi) is 8.07. The Morgan fingerprint density at radius 2 is 1.93 bits per heavy atom. The minimum absolute atomic E-state index is 0.335. The smallest absolute Gasteiger partial charge is 0.137 e. The molecule has 0 saturated carbocycles. The van der Waals surface area contributed by atoms with Gasteiger partial charge in [-0.15, -0.1) is 0 Å². The van der Waals surface area contributed by atoms with Gasteiger partial charge < -0.3 is 9.47 Å². The van der Waals surface area contributed by atoms with Crippen molar-refractivity contribution < 1.29 is 9.47 Å². The van der Waals surface area contributed by atoms with Gasteiger partial charge in [0.2, 0.25) is 0 Å². The van der Waals surface area contributed by atoms with Crippen LogP contribution in [0.2, 0.25) is 10.0 Å². The van der Waals surface area contributed by atoms with Crippen molar-refractivity contribution in [2.75, 3.05) is 13.2 Å². The van der Waals surface area contributed by atoms with Crippen LogP contribution >= 0.6 is 23.2 Å². The molecule has 0 amide bonds. The van der Waals surface area contributed by atoms with Crippen LogP contribution in [0.4, 0.5) is 0 Å². The molecule has 1 N–H and O–H groups in total. The predicted molar refractivity (Wildman–Crippen MR) is 115 cm³/mol. The summed E-state index contributed by atoms with van der Waals surface area (Å²) in [5, 5.41) is 8.01. The summed E-state index contributed by atoms with van der Waals surface area (Å²) in [4.78, 5) is 4.30. The molecule has 154 valence electrons. The topological polar surface area (TPSA) is 60.0 Å². The molecule has 1 unspecified atom stereocenters. The maximum Gasteiger partial charge on any atom is 0.137 e. The van der Waals surface area contributed by atoms with Crippen molar-refractivity contribution in [1.82, 2.24) is 15.2 Å². The molecule has 3 rings (SSSR count). The SMILES string of the molecule is CCCCOCC(Cc1ncn[nH]1)(OCc1ccccc1)c1ccc(Cl)cc1Cl. The van der Waals surface area contributed by atoms with E-state index < -0.39 is 5.60 Å². The van der Waals surface area contributed by atoms with E-state index in [1.807, 2.05) is 42.5 Å². The lowest BCUT2D eigenvalue weighted by Crippen LogP contribution is -2.38. The first-order chi connectivity index (χ1) is 14.1. The van der Waals surface area contributed by atoms with Crippen molar-refractivity contribution >= 4 is 23.2 Å². The van der Waals surface area contributed by atoms with Gasteiger partial charge >= 0.3 is 0 Å². The normalized spacial score (nSPS) is 13.3. The maximum absolute atomic E-state index is 6.61. The second-order valence-corrected chi connectivity index (χ2v) is 7.75. The van der Waals surface area contributed by atoms with Crippen LogP contribution < -0.4 is 0 Å². The summed E-state index contributed by atoms with van der Waals surface area (Å²) < 4.78 is 12.6. The van der Waals surface area contributed by atoms with E-state index in [2.05, 4.69) is 22.1 Å². The van der Waals surface area contributed by atoms with Gasteiger partial charge in [0.25, 0.3) is 0 Å². The largest absolute Gasteiger partial charge is 0.378 e. The van der Waals surface area contributed by atoms with Crippen LogP contribution in [0.25, 0.3) is 0 Å². The van der Waals surface area contributed by atoms with E-state index in [-0.39, 0.29) is 0 Å². The molecular weight excluding hydrogens is 409 g/mol. The molecule has 0 aliphatic carbocycles. The van der Waals surface area contributed by atoms with E-state index in [0.717, 1.165) is 24.0 Å². The van der Waals surface area contributed by atoms with Gasteiger partial charge in [-0.1, -0.05) is 72.9 Å². The zero-order valence-electron chi connectivity index (χ0n) is 16.4. The number of hydrogen-bond acceptors (Lipinski definition) is 4. The standard InChI is InChI=1S/C22H25Cl2N3O2/c1-2-3-11-28-15-22(13-21-25-16-26-27-21,19-10-9-18(23)12-20(19)24)29-14-17-7-5-4-6-8-17/h4-10,12,16H,2-3,11,13-15H2,1H3,(H,25,26,27). The molecule has 3 aromatic rings. The van der Waals surface area contributed by atoms with Crippen molar-refractivity contribution in [1.29, 1.82) is 0 Å². The zero-order chi connectivity index (χ0) is 20.5. The Hall–Kier alpha value is -1.92. The molecule has 0 bridgehead atoms. The number of aromatic amines is 1. The van der Waals surface area contributed by atoms with Crippen molar-refractivity contribution in [3.63, 3.8) is 0 Å². The van der Waals surface area contributed by atoms with Gasteiger partial charge in [-0.05, 0) is 24.1 Å². The summed E-state index contributed by atoms with van der Waals surface area (Å²) >= 11 is 12.8. The molecule has 0 saturated heterocycles. The highest BCUT2D eigenvalue weighted by molar-refractivity contribution is 6.35. The van der Waals surface area contributed by atoms with E-state index in [1.54, 1.807) is 6.07 Å². The van der Waals surface area contributed by atoms with Crippen molar-refractivity contribution in [2.45, 2.75) is 38.4 Å². The first-order valence-electron chi connectivity index (χ1n) is 9.68. The number of unbranched alkanes of at least 4 members (excludes halogenated alkanes) is 1. The summed E-state index contributed by atoms with van der Waals surface area (Å²) in [6.07, 6.45) is 3.96. The fraction of sp³-hybridized carbons (Fsp3) is 0.364. The zero-order valence-corrected chi connectivity index (χ0v) is 17.9. The number of aromatic nitrogens is 3. The van der Waals surface area contributed by atoms with Gasteiger partial charge in [0.1, 0.15) is 17.8 Å². The highest BCUT2D eigenvalue weighted by Gasteiger charge is 2.37. The number of nitrogens with one attached hydrogen (secondary N) is 1. The number of nitrogens with zero attached hydrogens (tertiary/aromatic N) is 2. The minimum atomic E-state index is -0.842. The molecule has 0 radical (unpaired) electrons. The van der Waals surface area contributed by atoms with Gasteiger partial charge in [0.05, 0.1) is 13.2 Å². The van der Waals surface area contributed by atoms with Crippen molar-refractivity contribution in [3.05, 3.63) is 81.9 Å². The minimum Gasteiger partial charge on any atom is -0.378 e. The van der Waals surface area contributed by atoms with E-state index in [9.17, 15) is 0 Å². The average molecular weight is 434 g/mol. The summed E-state index contributed by atoms with van der Waals surface area (Å²) in [5.41, 5.74) is 1.03. The number of H-pyrrole nitrogens is 1. The molecule has 5 nitrogen and oxygen atoms in total. The van der Waals surface area contributed by atoms with Gasteiger partial charge in [-0.3, -0.25) is 5.10 Å². The van der Waals surface area contributed by atoms with Crippen LogP contribution in [0.3, 0.4) is 0 Å². The van der Waals surface area contributed by atoms with E-state index >= 15 is 0 Å². The van der Waals surface area contributed by atoms with E-state index in [4.69, 9.17) is 32.7 Å². The molecular formula is C22H25Cl2N3O2. The Morgan fingerprint density at radius 3 is 2.62 bits per heavy atom. The highest BCUT2D eigenvalue weighted by Crippen LogP contribution is 2.37. The fourth-order valence-corrected chi connectivity index (χ4v) is 3.70. The summed E-state index contributed by atoms with van der Waals surface area (Å²) in [5.74, 6) is 0.697. The fourth-order valence-electron chi connectivity index (χ4n) is 3.12. The van der Waals surface area contributed by atoms with Crippen LogP contribution in [0.15, 0.2) is 54.9 Å². The molecule has 0 fully saturated rings. The monoisotopic (exact) mass is 433 g/mol. The molecule has 1 atom stereocenters. The lowest BCUT2D eigenvalue weighted by Gasteiger charge is -2.34.